The van der Waals surface area contributed by atoms with Crippen LogP contribution in [0.3, 0.4) is 0 Å². The van der Waals surface area contributed by atoms with Gasteiger partial charge < -0.3 is 9.32 Å². The van der Waals surface area contributed by atoms with Crippen molar-refractivity contribution in [2.75, 3.05) is 39.3 Å². The van der Waals surface area contributed by atoms with Crippen LogP contribution in [0.1, 0.15) is 13.8 Å². The normalized spacial score (nSPS) is 17.6. The number of para-hydroxylation sites is 2. The minimum atomic E-state index is -0.250. The van der Waals surface area contributed by atoms with Crippen molar-refractivity contribution in [2.24, 2.45) is 5.92 Å². The van der Waals surface area contributed by atoms with E-state index < -0.39 is 0 Å². The Kier molecular flexibility index (Phi) is 4.64. The van der Waals surface area contributed by atoms with E-state index in [9.17, 15) is 4.79 Å². The molecule has 0 aliphatic carbocycles. The van der Waals surface area contributed by atoms with E-state index >= 15 is 0 Å². The van der Waals surface area contributed by atoms with E-state index in [1.807, 2.05) is 24.3 Å². The highest BCUT2D eigenvalue weighted by atomic mass is 16.4. The number of hydrogen-bond acceptors (Lipinski definition) is 4. The molecule has 5 nitrogen and oxygen atoms in total. The summed E-state index contributed by atoms with van der Waals surface area (Å²) in [6.45, 7) is 11.7. The Hall–Kier alpha value is -1.59. The van der Waals surface area contributed by atoms with Crippen LogP contribution in [0, 0.1) is 5.92 Å². The molecule has 0 amide bonds. The van der Waals surface area contributed by atoms with Gasteiger partial charge in [0.2, 0.25) is 0 Å². The number of fused-ring (bicyclic) bond motifs is 1. The van der Waals surface area contributed by atoms with Gasteiger partial charge in [-0.15, -0.1) is 0 Å². The van der Waals surface area contributed by atoms with E-state index in [2.05, 4.69) is 23.6 Å². The second-order valence-electron chi connectivity index (χ2n) is 6.52. The van der Waals surface area contributed by atoms with Crippen LogP contribution in [-0.4, -0.2) is 53.6 Å². The van der Waals surface area contributed by atoms with E-state index in [1.54, 1.807) is 4.57 Å². The predicted octanol–water partition coefficient (Wildman–Crippen LogP) is 1.87. The fourth-order valence-corrected chi connectivity index (χ4v) is 3.18. The Balaban J connectivity index is 1.57. The predicted molar refractivity (Wildman–Crippen MR) is 88.2 cm³/mol. The summed E-state index contributed by atoms with van der Waals surface area (Å²) in [4.78, 5) is 16.9. The van der Waals surface area contributed by atoms with Crippen molar-refractivity contribution in [3.8, 4) is 0 Å². The Morgan fingerprint density at radius 3 is 2.45 bits per heavy atom. The molecule has 0 spiro atoms. The first kappa shape index (κ1) is 15.3. The number of rotatable bonds is 5. The van der Waals surface area contributed by atoms with Crippen LogP contribution in [0.25, 0.3) is 11.1 Å². The molecular weight excluding hydrogens is 278 g/mol. The highest BCUT2D eigenvalue weighted by Gasteiger charge is 2.18. The largest absolute Gasteiger partial charge is 0.419 e. The molecule has 0 atom stereocenters. The van der Waals surface area contributed by atoms with Crippen molar-refractivity contribution in [1.82, 2.24) is 14.4 Å². The summed E-state index contributed by atoms with van der Waals surface area (Å²) in [6.07, 6.45) is 0. The van der Waals surface area contributed by atoms with E-state index in [0.717, 1.165) is 44.2 Å². The van der Waals surface area contributed by atoms with Gasteiger partial charge in [0.1, 0.15) is 0 Å². The smallest absolute Gasteiger partial charge is 0.408 e. The van der Waals surface area contributed by atoms with Crippen LogP contribution in [0.4, 0.5) is 0 Å². The maximum absolute atomic E-state index is 12.0. The first-order chi connectivity index (χ1) is 10.6. The number of hydrogen-bond donors (Lipinski definition) is 0. The summed E-state index contributed by atoms with van der Waals surface area (Å²) < 4.78 is 7.03. The van der Waals surface area contributed by atoms with Crippen molar-refractivity contribution in [3.05, 3.63) is 34.8 Å². The maximum atomic E-state index is 12.0. The second kappa shape index (κ2) is 6.67. The van der Waals surface area contributed by atoms with Crippen molar-refractivity contribution in [2.45, 2.75) is 20.4 Å². The summed E-state index contributed by atoms with van der Waals surface area (Å²) in [6, 6.07) is 7.63. The summed E-state index contributed by atoms with van der Waals surface area (Å²) >= 11 is 0. The number of piperazine rings is 1. The quantitative estimate of drug-likeness (QED) is 0.845. The molecule has 2 aromatic rings. The first-order valence-corrected chi connectivity index (χ1v) is 8.16. The van der Waals surface area contributed by atoms with Gasteiger partial charge in [0, 0.05) is 45.8 Å². The summed E-state index contributed by atoms with van der Waals surface area (Å²) in [5.74, 6) is 0.474. The zero-order chi connectivity index (χ0) is 15.5. The molecule has 0 N–H and O–H groups in total. The van der Waals surface area contributed by atoms with Crippen LogP contribution in [0.15, 0.2) is 33.5 Å². The van der Waals surface area contributed by atoms with Gasteiger partial charge in [-0.3, -0.25) is 9.47 Å². The third-order valence-corrected chi connectivity index (χ3v) is 4.30. The fraction of sp³-hybridized carbons (Fsp3) is 0.588. The highest BCUT2D eigenvalue weighted by Crippen LogP contribution is 2.12. The molecule has 1 aliphatic rings. The zero-order valence-electron chi connectivity index (χ0n) is 13.5. The van der Waals surface area contributed by atoms with Crippen LogP contribution in [-0.2, 0) is 6.54 Å². The lowest BCUT2D eigenvalue weighted by Crippen LogP contribution is -2.48. The number of benzene rings is 1. The van der Waals surface area contributed by atoms with Gasteiger partial charge in [-0.25, -0.2) is 4.79 Å². The van der Waals surface area contributed by atoms with Gasteiger partial charge in [0.25, 0.3) is 0 Å². The minimum absolute atomic E-state index is 0.250. The average Bonchev–Trinajstić information content (AvgIpc) is 2.81. The summed E-state index contributed by atoms with van der Waals surface area (Å²) in [5.41, 5.74) is 1.57. The number of aromatic nitrogens is 1. The lowest BCUT2D eigenvalue weighted by molar-refractivity contribution is 0.119. The summed E-state index contributed by atoms with van der Waals surface area (Å²) in [7, 11) is 0. The van der Waals surface area contributed by atoms with E-state index in [1.165, 1.54) is 6.54 Å². The molecule has 1 aliphatic heterocycles. The molecule has 0 unspecified atom stereocenters. The Labute approximate surface area is 131 Å². The minimum Gasteiger partial charge on any atom is -0.408 e. The van der Waals surface area contributed by atoms with Crippen LogP contribution < -0.4 is 5.76 Å². The molecule has 22 heavy (non-hydrogen) atoms. The van der Waals surface area contributed by atoms with Gasteiger partial charge in [0.05, 0.1) is 5.52 Å². The topological polar surface area (TPSA) is 41.6 Å². The molecule has 3 rings (SSSR count). The SMILES string of the molecule is CC(C)CN1CCN(CCn2c(=O)oc3ccccc32)CC1. The monoisotopic (exact) mass is 303 g/mol. The highest BCUT2D eigenvalue weighted by molar-refractivity contribution is 5.72. The van der Waals surface area contributed by atoms with E-state index in [4.69, 9.17) is 4.42 Å². The van der Waals surface area contributed by atoms with E-state index in [0.29, 0.717) is 12.1 Å². The lowest BCUT2D eigenvalue weighted by Gasteiger charge is -2.35. The molecule has 5 heteroatoms. The third kappa shape index (κ3) is 3.42. The van der Waals surface area contributed by atoms with Gasteiger partial charge in [0.15, 0.2) is 5.58 Å². The molecule has 0 bridgehead atoms. The van der Waals surface area contributed by atoms with Gasteiger partial charge in [-0.2, -0.15) is 0 Å². The summed E-state index contributed by atoms with van der Waals surface area (Å²) in [5, 5.41) is 0. The standard InChI is InChI=1S/C17H25N3O2/c1-14(2)13-19-9-7-18(8-10-19)11-12-20-15-5-3-4-6-16(15)22-17(20)21/h3-6,14H,7-13H2,1-2H3. The van der Waals surface area contributed by atoms with Gasteiger partial charge >= 0.3 is 5.76 Å². The second-order valence-corrected chi connectivity index (χ2v) is 6.52. The fourth-order valence-electron chi connectivity index (χ4n) is 3.18. The maximum Gasteiger partial charge on any atom is 0.419 e. The molecule has 1 aromatic carbocycles. The number of oxazole rings is 1. The third-order valence-electron chi connectivity index (χ3n) is 4.30. The molecule has 0 saturated carbocycles. The molecule has 0 radical (unpaired) electrons. The number of nitrogens with zero attached hydrogens (tertiary/aromatic N) is 3. The van der Waals surface area contributed by atoms with E-state index in [-0.39, 0.29) is 5.76 Å². The van der Waals surface area contributed by atoms with Crippen molar-refractivity contribution in [1.29, 1.82) is 0 Å². The van der Waals surface area contributed by atoms with Crippen molar-refractivity contribution < 1.29 is 4.42 Å². The Morgan fingerprint density at radius 2 is 1.73 bits per heavy atom. The molecule has 120 valence electrons. The van der Waals surface area contributed by atoms with Crippen molar-refractivity contribution >= 4 is 11.1 Å². The van der Waals surface area contributed by atoms with Crippen LogP contribution in [0.2, 0.25) is 0 Å². The molecule has 2 heterocycles. The van der Waals surface area contributed by atoms with Crippen LogP contribution in [0.5, 0.6) is 0 Å². The molecular formula is C17H25N3O2. The average molecular weight is 303 g/mol. The Bertz CT molecular complexity index is 666. The Morgan fingerprint density at radius 1 is 1.05 bits per heavy atom. The lowest BCUT2D eigenvalue weighted by atomic mass is 10.2. The van der Waals surface area contributed by atoms with Gasteiger partial charge in [-0.1, -0.05) is 26.0 Å². The van der Waals surface area contributed by atoms with Crippen molar-refractivity contribution in [3.63, 3.8) is 0 Å². The molecule has 1 fully saturated rings. The molecule has 1 saturated heterocycles. The van der Waals surface area contributed by atoms with Crippen LogP contribution >= 0.6 is 0 Å². The van der Waals surface area contributed by atoms with Gasteiger partial charge in [-0.05, 0) is 18.1 Å². The first-order valence-electron chi connectivity index (χ1n) is 8.16. The zero-order valence-corrected chi connectivity index (χ0v) is 13.5. The molecule has 1 aromatic heterocycles.